The van der Waals surface area contributed by atoms with Crippen molar-refractivity contribution in [2.75, 3.05) is 0 Å². The molecule has 0 aromatic heterocycles. The van der Waals surface area contributed by atoms with Crippen LogP contribution in [0.1, 0.15) is 50.7 Å². The fourth-order valence-corrected chi connectivity index (χ4v) is 9.47. The highest BCUT2D eigenvalue weighted by molar-refractivity contribution is 6.28. The fraction of sp³-hybridized carbons (Fsp3) is 0.111. The van der Waals surface area contributed by atoms with Gasteiger partial charge in [0.05, 0.1) is 0 Å². The van der Waals surface area contributed by atoms with Gasteiger partial charge in [0.1, 0.15) is 0 Å². The van der Waals surface area contributed by atoms with Crippen molar-refractivity contribution >= 4 is 32.3 Å². The van der Waals surface area contributed by atoms with Crippen LogP contribution in [0, 0.1) is 0 Å². The maximum absolute atomic E-state index is 2.38. The van der Waals surface area contributed by atoms with E-state index in [0.717, 1.165) is 0 Å². The third kappa shape index (κ3) is 4.83. The molecule has 0 N–H and O–H groups in total. The van der Waals surface area contributed by atoms with Crippen molar-refractivity contribution in [2.45, 2.75) is 39.5 Å². The van der Waals surface area contributed by atoms with Gasteiger partial charge in [-0.25, -0.2) is 0 Å². The van der Waals surface area contributed by atoms with Crippen LogP contribution in [0.3, 0.4) is 0 Å². The Morgan fingerprint density at radius 3 is 1.11 bits per heavy atom. The van der Waals surface area contributed by atoms with E-state index >= 15 is 0 Å². The Morgan fingerprint density at radius 1 is 0.259 bits per heavy atom. The highest BCUT2D eigenvalue weighted by atomic mass is 14.3. The zero-order valence-corrected chi connectivity index (χ0v) is 31.3. The van der Waals surface area contributed by atoms with Gasteiger partial charge in [0, 0.05) is 0 Å². The first kappa shape index (κ1) is 32.4. The van der Waals surface area contributed by atoms with E-state index in [-0.39, 0.29) is 0 Å². The number of benzene rings is 9. The minimum absolute atomic E-state index is 0.476. The zero-order valence-electron chi connectivity index (χ0n) is 31.3. The fourth-order valence-electron chi connectivity index (χ4n) is 9.47. The van der Waals surface area contributed by atoms with Crippen molar-refractivity contribution in [1.82, 2.24) is 0 Å². The monoisotopic (exact) mass is 690 g/mol. The lowest BCUT2D eigenvalue weighted by Crippen LogP contribution is -1.93. The van der Waals surface area contributed by atoms with Gasteiger partial charge in [-0.3, -0.25) is 0 Å². The van der Waals surface area contributed by atoms with Crippen molar-refractivity contribution in [3.05, 3.63) is 181 Å². The van der Waals surface area contributed by atoms with Crippen LogP contribution >= 0.6 is 0 Å². The molecule has 54 heavy (non-hydrogen) atoms. The highest BCUT2D eigenvalue weighted by Gasteiger charge is 2.31. The van der Waals surface area contributed by atoms with E-state index in [0.29, 0.717) is 11.8 Å². The Morgan fingerprint density at radius 2 is 0.611 bits per heavy atom. The van der Waals surface area contributed by atoms with Crippen LogP contribution in [0.15, 0.2) is 170 Å². The van der Waals surface area contributed by atoms with Crippen LogP contribution in [-0.4, -0.2) is 0 Å². The predicted molar refractivity (Wildman–Crippen MR) is 233 cm³/mol. The van der Waals surface area contributed by atoms with Gasteiger partial charge < -0.3 is 0 Å². The summed E-state index contributed by atoms with van der Waals surface area (Å²) in [6.45, 7) is 9.13. The summed E-state index contributed by atoms with van der Waals surface area (Å²) >= 11 is 0. The number of fused-ring (bicyclic) bond motifs is 7. The molecule has 0 spiro atoms. The molecule has 0 saturated carbocycles. The molecular formula is C54H42. The molecule has 9 aromatic rings. The Labute approximate surface area is 318 Å². The number of hydrogen-bond donors (Lipinski definition) is 0. The average molecular weight is 691 g/mol. The van der Waals surface area contributed by atoms with E-state index in [1.54, 1.807) is 0 Å². The van der Waals surface area contributed by atoms with Crippen LogP contribution in [0.25, 0.3) is 99.1 Å². The maximum atomic E-state index is 2.38. The molecule has 11 rings (SSSR count). The first-order chi connectivity index (χ1) is 26.5. The number of rotatable bonds is 4. The minimum atomic E-state index is 0.476. The first-order valence-electron chi connectivity index (χ1n) is 19.4. The van der Waals surface area contributed by atoms with E-state index in [1.807, 2.05) is 0 Å². The molecule has 0 amide bonds. The molecule has 0 unspecified atom stereocenters. The van der Waals surface area contributed by atoms with Gasteiger partial charge in [-0.15, -0.1) is 0 Å². The molecule has 0 fully saturated rings. The summed E-state index contributed by atoms with van der Waals surface area (Å²) in [7, 11) is 0. The van der Waals surface area contributed by atoms with Gasteiger partial charge in [0.15, 0.2) is 0 Å². The van der Waals surface area contributed by atoms with Gasteiger partial charge in [-0.2, -0.15) is 0 Å². The molecule has 258 valence electrons. The molecule has 0 bridgehead atoms. The van der Waals surface area contributed by atoms with Crippen LogP contribution in [-0.2, 0) is 0 Å². The van der Waals surface area contributed by atoms with Gasteiger partial charge >= 0.3 is 0 Å². The van der Waals surface area contributed by atoms with Crippen molar-refractivity contribution in [3.63, 3.8) is 0 Å². The summed E-state index contributed by atoms with van der Waals surface area (Å²) in [5.74, 6) is 1.04. The number of hydrogen-bond acceptors (Lipinski definition) is 0. The van der Waals surface area contributed by atoms with E-state index in [2.05, 4.69) is 198 Å². The summed E-state index contributed by atoms with van der Waals surface area (Å²) in [6.07, 6.45) is 0. The summed E-state index contributed by atoms with van der Waals surface area (Å²) in [5.41, 5.74) is 19.1. The second kappa shape index (κ2) is 12.7. The second-order valence-electron chi connectivity index (χ2n) is 15.5. The van der Waals surface area contributed by atoms with E-state index in [9.17, 15) is 0 Å². The predicted octanol–water partition coefficient (Wildman–Crippen LogP) is 15.7. The van der Waals surface area contributed by atoms with Crippen molar-refractivity contribution in [3.8, 4) is 66.8 Å². The van der Waals surface area contributed by atoms with E-state index < -0.39 is 0 Å². The molecule has 0 heteroatoms. The normalized spacial score (nSPS) is 12.0. The quantitative estimate of drug-likeness (QED) is 0.172. The molecule has 0 nitrogen and oxygen atoms in total. The third-order valence-corrected chi connectivity index (χ3v) is 11.8. The van der Waals surface area contributed by atoms with Gasteiger partial charge in [-0.1, -0.05) is 198 Å². The lowest BCUT2D eigenvalue weighted by molar-refractivity contribution is 0.876. The molecule has 0 saturated heterocycles. The third-order valence-electron chi connectivity index (χ3n) is 11.8. The van der Waals surface area contributed by atoms with Crippen LogP contribution in [0.4, 0.5) is 0 Å². The summed E-state index contributed by atoms with van der Waals surface area (Å²) in [4.78, 5) is 0. The van der Waals surface area contributed by atoms with E-state index in [4.69, 9.17) is 0 Å². The van der Waals surface area contributed by atoms with Crippen molar-refractivity contribution in [2.24, 2.45) is 0 Å². The molecule has 2 aliphatic carbocycles. The Kier molecular flexibility index (Phi) is 7.63. The zero-order chi connectivity index (χ0) is 36.5. The van der Waals surface area contributed by atoms with Crippen molar-refractivity contribution in [1.29, 1.82) is 0 Å². The molecule has 0 heterocycles. The summed E-state index contributed by atoms with van der Waals surface area (Å²) in [6, 6.07) is 62.5. The molecule has 0 atom stereocenters. The maximum Gasteiger partial charge on any atom is -0.000741 e. The Hall–Kier alpha value is -6.24. The van der Waals surface area contributed by atoms with Crippen molar-refractivity contribution < 1.29 is 0 Å². The minimum Gasteiger partial charge on any atom is -0.0622 e. The second-order valence-corrected chi connectivity index (χ2v) is 15.5. The van der Waals surface area contributed by atoms with Gasteiger partial charge in [0.2, 0.25) is 0 Å². The average Bonchev–Trinajstić information content (AvgIpc) is 3.72. The largest absolute Gasteiger partial charge is 0.0622 e. The lowest BCUT2D eigenvalue weighted by atomic mass is 9.82. The Bertz CT molecular complexity index is 2790. The molecule has 9 aromatic carbocycles. The van der Waals surface area contributed by atoms with E-state index in [1.165, 1.54) is 110 Å². The lowest BCUT2D eigenvalue weighted by Gasteiger charge is -2.20. The summed E-state index contributed by atoms with van der Waals surface area (Å²) < 4.78 is 0. The smallest absolute Gasteiger partial charge is 0.000741 e. The highest BCUT2D eigenvalue weighted by Crippen LogP contribution is 2.58. The summed E-state index contributed by atoms with van der Waals surface area (Å²) in [5, 5.41) is 8.26. The van der Waals surface area contributed by atoms with Crippen LogP contribution in [0.5, 0.6) is 0 Å². The van der Waals surface area contributed by atoms with Crippen LogP contribution < -0.4 is 0 Å². The van der Waals surface area contributed by atoms with Gasteiger partial charge in [-0.05, 0) is 122 Å². The Balaban J connectivity index is 0.000000160. The first-order valence-corrected chi connectivity index (χ1v) is 19.4. The topological polar surface area (TPSA) is 0 Å². The standard InChI is InChI=1S/C35H26.C19H16/c1-22(2)25-20-21-30-33-26(25)18-11-19-29(33)34-31(23-12-5-3-6-13-23)27-16-9-10-17-28(27)32(35(30)34)24-14-7-4-8-15-24;1-12(2)13-10-11-18-15-7-4-3-6-14(15)17-9-5-8-16(13)19(17)18/h3-22H,1-2H3;3-12H,1-2H3. The van der Waals surface area contributed by atoms with Gasteiger partial charge in [0.25, 0.3) is 0 Å². The molecule has 0 aliphatic heterocycles. The SMILES string of the molecule is CC(C)c1ccc2c3c(cccc13)-c1c-2c(-c2ccccc2)c2ccccc2c1-c1ccccc1.CC(C)c1ccc2c3c(cccc13)-c1ccccc1-2. The molecule has 2 aliphatic rings. The van der Waals surface area contributed by atoms with Crippen LogP contribution in [0.2, 0.25) is 0 Å². The molecular weight excluding hydrogens is 649 g/mol. The molecule has 0 radical (unpaired) electrons.